The van der Waals surface area contributed by atoms with Gasteiger partial charge in [0.15, 0.2) is 0 Å². The average molecular weight is 495 g/mol. The molecule has 9 nitrogen and oxygen atoms in total. The van der Waals surface area contributed by atoms with Crippen molar-refractivity contribution < 1.29 is 22.7 Å². The highest BCUT2D eigenvalue weighted by atomic mass is 32.2. The summed E-state index contributed by atoms with van der Waals surface area (Å²) in [6, 6.07) is 8.33. The van der Waals surface area contributed by atoms with Crippen molar-refractivity contribution in [1.82, 2.24) is 9.62 Å². The van der Waals surface area contributed by atoms with Gasteiger partial charge in [-0.25, -0.2) is 8.42 Å². The van der Waals surface area contributed by atoms with Crippen molar-refractivity contribution in [3.8, 4) is 0 Å². The van der Waals surface area contributed by atoms with E-state index in [1.165, 1.54) is 21.7 Å². The fourth-order valence-electron chi connectivity index (χ4n) is 3.55. The Kier molecular flexibility index (Phi) is 8.84. The second-order valence-electron chi connectivity index (χ2n) is 7.40. The van der Waals surface area contributed by atoms with Crippen LogP contribution < -0.4 is 15.5 Å². The summed E-state index contributed by atoms with van der Waals surface area (Å²) in [5.74, 6) is -0.531. The van der Waals surface area contributed by atoms with Crippen LogP contribution in [-0.2, 0) is 19.6 Å². The maximum atomic E-state index is 13.1. The van der Waals surface area contributed by atoms with Crippen LogP contribution >= 0.6 is 11.3 Å². The fourth-order valence-corrected chi connectivity index (χ4v) is 5.62. The van der Waals surface area contributed by atoms with Gasteiger partial charge < -0.3 is 20.3 Å². The maximum absolute atomic E-state index is 13.1. The largest absolute Gasteiger partial charge is 0.379 e. The van der Waals surface area contributed by atoms with E-state index in [1.54, 1.807) is 24.3 Å². The van der Waals surface area contributed by atoms with Crippen LogP contribution in [0.5, 0.6) is 0 Å². The van der Waals surface area contributed by atoms with Gasteiger partial charge in [0.25, 0.3) is 5.91 Å². The molecule has 0 spiro atoms. The third-order valence-corrected chi connectivity index (χ3v) is 8.10. The molecule has 1 aliphatic heterocycles. The molecule has 0 radical (unpaired) electrons. The first-order valence-corrected chi connectivity index (χ1v) is 13.3. The lowest BCUT2D eigenvalue weighted by molar-refractivity contribution is -0.116. The molecule has 0 aliphatic carbocycles. The summed E-state index contributed by atoms with van der Waals surface area (Å²) in [6.45, 7) is 6.88. The van der Waals surface area contributed by atoms with E-state index in [4.69, 9.17) is 4.74 Å². The summed E-state index contributed by atoms with van der Waals surface area (Å²) in [7, 11) is -3.70. The Morgan fingerprint density at radius 3 is 2.52 bits per heavy atom. The molecule has 1 saturated heterocycles. The van der Waals surface area contributed by atoms with Crippen molar-refractivity contribution in [3.05, 3.63) is 40.6 Å². The van der Waals surface area contributed by atoms with E-state index in [1.807, 2.05) is 24.1 Å². The second kappa shape index (κ2) is 11.6. The Morgan fingerprint density at radius 2 is 1.88 bits per heavy atom. The van der Waals surface area contributed by atoms with Crippen LogP contribution in [0.1, 0.15) is 29.9 Å². The van der Waals surface area contributed by atoms with Crippen LogP contribution in [0.2, 0.25) is 0 Å². The standard InChI is InChI=1S/C22H30N4O5S2/c1-3-25(4-2)19-8-7-17(33(29,30)26-11-13-31-14-12-26)16-18(19)24-21(27)9-10-23-22(28)20-6-5-15-32-20/h5-8,15-16H,3-4,9-14H2,1-2H3,(H,23,28)(H,24,27). The van der Waals surface area contributed by atoms with Crippen molar-refractivity contribution in [2.45, 2.75) is 25.2 Å². The molecule has 2 N–H and O–H groups in total. The predicted molar refractivity (Wildman–Crippen MR) is 129 cm³/mol. The highest BCUT2D eigenvalue weighted by molar-refractivity contribution is 7.89. The summed E-state index contributed by atoms with van der Waals surface area (Å²) in [5, 5.41) is 7.39. The maximum Gasteiger partial charge on any atom is 0.261 e. The highest BCUT2D eigenvalue weighted by Crippen LogP contribution is 2.30. The molecular weight excluding hydrogens is 464 g/mol. The zero-order valence-corrected chi connectivity index (χ0v) is 20.5. The van der Waals surface area contributed by atoms with Crippen LogP contribution in [0.4, 0.5) is 11.4 Å². The van der Waals surface area contributed by atoms with Crippen LogP contribution in [0.3, 0.4) is 0 Å². The summed E-state index contributed by atoms with van der Waals surface area (Å²) >= 11 is 1.33. The summed E-state index contributed by atoms with van der Waals surface area (Å²) in [6.07, 6.45) is 0.0647. The summed E-state index contributed by atoms with van der Waals surface area (Å²) < 4.78 is 32.9. The Labute approximate surface area is 198 Å². The van der Waals surface area contributed by atoms with Gasteiger partial charge in [-0.2, -0.15) is 4.31 Å². The van der Waals surface area contributed by atoms with Crippen LogP contribution in [0.15, 0.2) is 40.6 Å². The third kappa shape index (κ3) is 6.32. The summed E-state index contributed by atoms with van der Waals surface area (Å²) in [5.41, 5.74) is 1.18. The van der Waals surface area contributed by atoms with Gasteiger partial charge in [-0.05, 0) is 43.5 Å². The molecule has 180 valence electrons. The van der Waals surface area contributed by atoms with Gasteiger partial charge in [0.2, 0.25) is 15.9 Å². The topological polar surface area (TPSA) is 108 Å². The number of amides is 2. The molecule has 2 aromatic rings. The molecule has 1 aromatic heterocycles. The first-order valence-electron chi connectivity index (χ1n) is 10.9. The van der Waals surface area contributed by atoms with Crippen LogP contribution in [0, 0.1) is 0 Å². The van der Waals surface area contributed by atoms with Crippen molar-refractivity contribution >= 4 is 44.5 Å². The van der Waals surface area contributed by atoms with Crippen molar-refractivity contribution in [1.29, 1.82) is 0 Å². The quantitative estimate of drug-likeness (QED) is 0.525. The molecule has 0 saturated carbocycles. The summed E-state index contributed by atoms with van der Waals surface area (Å²) in [4.78, 5) is 27.4. The first kappa shape index (κ1) is 25.2. The van der Waals surface area contributed by atoms with Gasteiger partial charge in [-0.15, -0.1) is 11.3 Å². The number of thiophene rings is 1. The molecule has 0 unspecified atom stereocenters. The minimum atomic E-state index is -3.70. The number of sulfonamides is 1. The number of carbonyl (C=O) groups is 2. The van der Waals surface area contributed by atoms with E-state index in [-0.39, 0.29) is 29.7 Å². The van der Waals surface area contributed by atoms with Gasteiger partial charge >= 0.3 is 0 Å². The van der Waals surface area contributed by atoms with Gasteiger partial charge in [-0.3, -0.25) is 9.59 Å². The van der Waals surface area contributed by atoms with Gasteiger partial charge in [0, 0.05) is 39.1 Å². The van der Waals surface area contributed by atoms with E-state index >= 15 is 0 Å². The number of morpholine rings is 1. The number of benzene rings is 1. The lowest BCUT2D eigenvalue weighted by atomic mass is 10.2. The molecule has 33 heavy (non-hydrogen) atoms. The van der Waals surface area contributed by atoms with E-state index in [9.17, 15) is 18.0 Å². The Morgan fingerprint density at radius 1 is 1.15 bits per heavy atom. The molecule has 1 fully saturated rings. The van der Waals surface area contributed by atoms with E-state index in [0.29, 0.717) is 50.0 Å². The fraction of sp³-hybridized carbons (Fsp3) is 0.455. The SMILES string of the molecule is CCN(CC)c1ccc(S(=O)(=O)N2CCOCC2)cc1NC(=O)CCNC(=O)c1cccs1. The van der Waals surface area contributed by atoms with Crippen LogP contribution in [-0.4, -0.2) is 70.5 Å². The number of carbonyl (C=O) groups excluding carboxylic acids is 2. The zero-order chi connectivity index (χ0) is 23.8. The highest BCUT2D eigenvalue weighted by Gasteiger charge is 2.27. The molecule has 3 rings (SSSR count). The molecule has 2 amide bonds. The molecule has 0 bridgehead atoms. The van der Waals surface area contributed by atoms with E-state index in [2.05, 4.69) is 10.6 Å². The zero-order valence-electron chi connectivity index (χ0n) is 18.9. The Balaban J connectivity index is 1.75. The van der Waals surface area contributed by atoms with E-state index in [0.717, 1.165) is 5.69 Å². The molecule has 2 heterocycles. The minimum Gasteiger partial charge on any atom is -0.379 e. The number of nitrogens with one attached hydrogen (secondary N) is 2. The number of hydrogen-bond donors (Lipinski definition) is 2. The van der Waals surface area contributed by atoms with Gasteiger partial charge in [-0.1, -0.05) is 6.07 Å². The van der Waals surface area contributed by atoms with Crippen molar-refractivity contribution in [2.75, 3.05) is 56.2 Å². The molecule has 11 heteroatoms. The second-order valence-corrected chi connectivity index (χ2v) is 10.3. The normalized spacial score (nSPS) is 14.6. The monoisotopic (exact) mass is 494 g/mol. The molecule has 1 aromatic carbocycles. The van der Waals surface area contributed by atoms with E-state index < -0.39 is 10.0 Å². The molecule has 0 atom stereocenters. The lowest BCUT2D eigenvalue weighted by Gasteiger charge is -2.28. The van der Waals surface area contributed by atoms with Crippen LogP contribution in [0.25, 0.3) is 0 Å². The number of rotatable bonds is 10. The lowest BCUT2D eigenvalue weighted by Crippen LogP contribution is -2.40. The van der Waals surface area contributed by atoms with Gasteiger partial charge in [0.05, 0.1) is 34.4 Å². The predicted octanol–water partition coefficient (Wildman–Crippen LogP) is 2.37. The number of anilines is 2. The Hall–Kier alpha value is -2.47. The smallest absolute Gasteiger partial charge is 0.261 e. The van der Waals surface area contributed by atoms with Gasteiger partial charge in [0.1, 0.15) is 0 Å². The average Bonchev–Trinajstić information content (AvgIpc) is 3.36. The number of hydrogen-bond acceptors (Lipinski definition) is 7. The molecular formula is C22H30N4O5S2. The van der Waals surface area contributed by atoms with Crippen molar-refractivity contribution in [3.63, 3.8) is 0 Å². The van der Waals surface area contributed by atoms with Crippen molar-refractivity contribution in [2.24, 2.45) is 0 Å². The third-order valence-electron chi connectivity index (χ3n) is 5.34. The number of ether oxygens (including phenoxy) is 1. The first-order chi connectivity index (χ1) is 15.9. The molecule has 1 aliphatic rings. The Bertz CT molecular complexity index is 1050. The minimum absolute atomic E-state index is 0.0647. The number of nitrogens with zero attached hydrogens (tertiary/aromatic N) is 2.